The van der Waals surface area contributed by atoms with Crippen LogP contribution in [0.15, 0.2) is 23.2 Å². The van der Waals surface area contributed by atoms with Crippen LogP contribution >= 0.6 is 24.0 Å². The molecule has 0 spiro atoms. The van der Waals surface area contributed by atoms with Gasteiger partial charge in [-0.15, -0.1) is 24.0 Å². The van der Waals surface area contributed by atoms with E-state index in [1.54, 1.807) is 0 Å². The first-order valence-electron chi connectivity index (χ1n) is 6.37. The maximum atomic E-state index is 13.0. The average molecular weight is 433 g/mol. The molecule has 126 valence electrons. The number of halogens is 5. The third-order valence-corrected chi connectivity index (χ3v) is 2.54. The van der Waals surface area contributed by atoms with Crippen LogP contribution in [0.2, 0.25) is 0 Å². The maximum Gasteiger partial charge on any atom is 0.416 e. The average Bonchev–Trinajstić information content (AvgIpc) is 2.33. The first-order valence-corrected chi connectivity index (χ1v) is 6.37. The zero-order chi connectivity index (χ0) is 16.3. The van der Waals surface area contributed by atoms with Gasteiger partial charge < -0.3 is 10.6 Å². The predicted octanol–water partition coefficient (Wildman–Crippen LogP) is 3.93. The smallest absolute Gasteiger partial charge is 0.352 e. The Labute approximate surface area is 144 Å². The lowest BCUT2D eigenvalue weighted by Gasteiger charge is -2.24. The van der Waals surface area contributed by atoms with Crippen molar-refractivity contribution in [2.24, 2.45) is 4.99 Å². The first-order chi connectivity index (χ1) is 9.53. The number of hydrogen-bond acceptors (Lipinski definition) is 1. The highest BCUT2D eigenvalue weighted by atomic mass is 127. The SMILES string of the molecule is CN=C(NCc1ccc(F)cc1C(F)(F)F)NC(C)(C)C.I. The van der Waals surface area contributed by atoms with Crippen molar-refractivity contribution in [3.8, 4) is 0 Å². The van der Waals surface area contributed by atoms with Gasteiger partial charge in [0.25, 0.3) is 0 Å². The highest BCUT2D eigenvalue weighted by Gasteiger charge is 2.33. The summed E-state index contributed by atoms with van der Waals surface area (Å²) >= 11 is 0. The standard InChI is InChI=1S/C14H19F4N3.HI/c1-13(2,3)21-12(19-4)20-8-9-5-6-10(15)7-11(9)14(16,17)18;/h5-7H,8H2,1-4H3,(H2,19,20,21);1H. The van der Waals surface area contributed by atoms with Gasteiger partial charge >= 0.3 is 6.18 Å². The summed E-state index contributed by atoms with van der Waals surface area (Å²) in [6.07, 6.45) is -4.60. The minimum Gasteiger partial charge on any atom is -0.352 e. The Bertz CT molecular complexity index is 522. The van der Waals surface area contributed by atoms with Crippen molar-refractivity contribution < 1.29 is 17.6 Å². The monoisotopic (exact) mass is 433 g/mol. The van der Waals surface area contributed by atoms with Crippen molar-refractivity contribution in [1.82, 2.24) is 10.6 Å². The Morgan fingerprint density at radius 3 is 2.23 bits per heavy atom. The molecule has 0 fully saturated rings. The number of guanidine groups is 1. The van der Waals surface area contributed by atoms with Crippen LogP contribution in [0.5, 0.6) is 0 Å². The molecule has 0 unspecified atom stereocenters. The van der Waals surface area contributed by atoms with Gasteiger partial charge in [-0.2, -0.15) is 13.2 Å². The Kier molecular flexibility index (Phi) is 7.60. The molecule has 0 heterocycles. The molecule has 1 aromatic carbocycles. The molecule has 0 atom stereocenters. The van der Waals surface area contributed by atoms with E-state index in [2.05, 4.69) is 15.6 Å². The van der Waals surface area contributed by atoms with Gasteiger partial charge in [-0.25, -0.2) is 4.39 Å². The lowest BCUT2D eigenvalue weighted by atomic mass is 10.1. The van der Waals surface area contributed by atoms with E-state index in [9.17, 15) is 17.6 Å². The van der Waals surface area contributed by atoms with Gasteiger partial charge in [-0.3, -0.25) is 4.99 Å². The highest BCUT2D eigenvalue weighted by Crippen LogP contribution is 2.32. The van der Waals surface area contributed by atoms with E-state index in [0.29, 0.717) is 12.0 Å². The van der Waals surface area contributed by atoms with Crippen LogP contribution < -0.4 is 10.6 Å². The van der Waals surface area contributed by atoms with Gasteiger partial charge in [-0.05, 0) is 38.5 Å². The van der Waals surface area contributed by atoms with E-state index in [4.69, 9.17) is 0 Å². The maximum absolute atomic E-state index is 13.0. The molecule has 8 heteroatoms. The number of aliphatic imine (C=N–C) groups is 1. The van der Waals surface area contributed by atoms with Crippen molar-refractivity contribution in [3.05, 3.63) is 35.1 Å². The number of alkyl halides is 3. The molecule has 0 saturated heterocycles. The van der Waals surface area contributed by atoms with Crippen molar-refractivity contribution in [1.29, 1.82) is 0 Å². The Balaban J connectivity index is 0.00000441. The molecule has 0 saturated carbocycles. The summed E-state index contributed by atoms with van der Waals surface area (Å²) in [5.74, 6) is -0.539. The molecule has 3 nitrogen and oxygen atoms in total. The normalized spacial score (nSPS) is 12.6. The third-order valence-electron chi connectivity index (χ3n) is 2.54. The van der Waals surface area contributed by atoms with Crippen molar-refractivity contribution in [2.75, 3.05) is 7.05 Å². The highest BCUT2D eigenvalue weighted by molar-refractivity contribution is 14.0. The van der Waals surface area contributed by atoms with E-state index >= 15 is 0 Å². The molecule has 22 heavy (non-hydrogen) atoms. The summed E-state index contributed by atoms with van der Waals surface area (Å²) < 4.78 is 51.6. The quantitative estimate of drug-likeness (QED) is 0.321. The molecule has 2 N–H and O–H groups in total. The largest absolute Gasteiger partial charge is 0.416 e. The van der Waals surface area contributed by atoms with Crippen LogP contribution in [0.25, 0.3) is 0 Å². The zero-order valence-corrected chi connectivity index (χ0v) is 15.1. The van der Waals surface area contributed by atoms with E-state index in [1.165, 1.54) is 7.05 Å². The van der Waals surface area contributed by atoms with E-state index < -0.39 is 17.6 Å². The fourth-order valence-electron chi connectivity index (χ4n) is 1.68. The van der Waals surface area contributed by atoms with Crippen molar-refractivity contribution >= 4 is 29.9 Å². The minimum absolute atomic E-state index is 0. The third kappa shape index (κ3) is 6.80. The Morgan fingerprint density at radius 2 is 1.77 bits per heavy atom. The second-order valence-corrected chi connectivity index (χ2v) is 5.60. The predicted molar refractivity (Wildman–Crippen MR) is 89.9 cm³/mol. The second kappa shape index (κ2) is 7.98. The summed E-state index contributed by atoms with van der Waals surface area (Å²) in [6, 6.07) is 2.62. The van der Waals surface area contributed by atoms with Crippen LogP contribution in [0.4, 0.5) is 17.6 Å². The number of rotatable bonds is 2. The molecule has 1 aromatic rings. The minimum atomic E-state index is -4.60. The van der Waals surface area contributed by atoms with E-state index in [-0.39, 0.29) is 41.6 Å². The second-order valence-electron chi connectivity index (χ2n) is 5.60. The zero-order valence-electron chi connectivity index (χ0n) is 12.8. The Hall–Kier alpha value is -1.06. The molecule has 1 rings (SSSR count). The summed E-state index contributed by atoms with van der Waals surface area (Å²) in [6.45, 7) is 5.60. The molecule has 0 bridgehead atoms. The molecule has 0 aliphatic carbocycles. The van der Waals surface area contributed by atoms with Crippen molar-refractivity contribution in [3.63, 3.8) is 0 Å². The van der Waals surface area contributed by atoms with Crippen LogP contribution in [0.1, 0.15) is 31.9 Å². The summed E-state index contributed by atoms with van der Waals surface area (Å²) in [5.41, 5.74) is -1.31. The number of nitrogens with zero attached hydrogens (tertiary/aromatic N) is 1. The van der Waals surface area contributed by atoms with Gasteiger partial charge in [0.2, 0.25) is 0 Å². The molecular formula is C14H20F4IN3. The summed E-state index contributed by atoms with van der Waals surface area (Å²) in [7, 11) is 1.52. The lowest BCUT2D eigenvalue weighted by molar-refractivity contribution is -0.138. The number of nitrogens with one attached hydrogen (secondary N) is 2. The van der Waals surface area contributed by atoms with E-state index in [1.807, 2.05) is 20.8 Å². The molecular weight excluding hydrogens is 413 g/mol. The topological polar surface area (TPSA) is 36.4 Å². The van der Waals surface area contributed by atoms with Crippen LogP contribution in [-0.4, -0.2) is 18.5 Å². The number of benzene rings is 1. The summed E-state index contributed by atoms with van der Waals surface area (Å²) in [5, 5.41) is 5.82. The van der Waals surface area contributed by atoms with Crippen molar-refractivity contribution in [2.45, 2.75) is 39.0 Å². The van der Waals surface area contributed by atoms with Gasteiger partial charge in [0.05, 0.1) is 5.56 Å². The molecule has 0 aliphatic rings. The fraction of sp³-hybridized carbons (Fsp3) is 0.500. The molecule has 0 aliphatic heterocycles. The Morgan fingerprint density at radius 1 is 1.18 bits per heavy atom. The number of hydrogen-bond donors (Lipinski definition) is 2. The van der Waals surface area contributed by atoms with Gasteiger partial charge in [-0.1, -0.05) is 6.07 Å². The van der Waals surface area contributed by atoms with Gasteiger partial charge in [0, 0.05) is 19.1 Å². The molecule has 0 aromatic heterocycles. The fourth-order valence-corrected chi connectivity index (χ4v) is 1.68. The molecule has 0 radical (unpaired) electrons. The summed E-state index contributed by atoms with van der Waals surface area (Å²) in [4.78, 5) is 3.94. The van der Waals surface area contributed by atoms with Crippen LogP contribution in [-0.2, 0) is 12.7 Å². The lowest BCUT2D eigenvalue weighted by Crippen LogP contribution is -2.47. The molecule has 0 amide bonds. The van der Waals surface area contributed by atoms with Gasteiger partial charge in [0.15, 0.2) is 5.96 Å². The van der Waals surface area contributed by atoms with E-state index in [0.717, 1.165) is 12.1 Å². The van der Waals surface area contributed by atoms with Crippen LogP contribution in [0.3, 0.4) is 0 Å². The first kappa shape index (κ1) is 20.9. The van der Waals surface area contributed by atoms with Crippen LogP contribution in [0, 0.1) is 5.82 Å². The van der Waals surface area contributed by atoms with Gasteiger partial charge in [0.1, 0.15) is 5.82 Å².